The van der Waals surface area contributed by atoms with Crippen molar-refractivity contribution < 1.29 is 48.0 Å². The van der Waals surface area contributed by atoms with Crippen LogP contribution in [0.3, 0.4) is 0 Å². The highest BCUT2D eigenvalue weighted by atomic mass is 16.6. The highest BCUT2D eigenvalue weighted by molar-refractivity contribution is 6.45. The van der Waals surface area contributed by atoms with Crippen molar-refractivity contribution in [2.24, 2.45) is 0 Å². The van der Waals surface area contributed by atoms with Crippen molar-refractivity contribution in [3.8, 4) is 30.0 Å². The topological polar surface area (TPSA) is 252 Å². The van der Waals surface area contributed by atoms with Crippen LogP contribution in [0.2, 0.25) is 0 Å². The number of terminal acetylenes is 1. The molecule has 3 amide bonds. The molecule has 68 heavy (non-hydrogen) atoms. The minimum absolute atomic E-state index is 0.0564. The number of nitriles is 1. The number of benzene rings is 1. The fraction of sp³-hybridized carbons (Fsp3) is 0.489. The summed E-state index contributed by atoms with van der Waals surface area (Å²) in [6, 6.07) is 10.4. The maximum atomic E-state index is 13.8. The number of fused-ring (bicyclic) bond motifs is 1. The molecular formula is C47H59N11O10. The number of hydrogen-bond donors (Lipinski definition) is 4. The number of nitrogens with one attached hydrogen (secondary N) is 3. The molecule has 1 aromatic carbocycles. The van der Waals surface area contributed by atoms with Gasteiger partial charge in [-0.2, -0.15) is 9.94 Å². The molecule has 2 aliphatic rings. The highest BCUT2D eigenvalue weighted by Gasteiger charge is 2.31. The average Bonchev–Trinajstić information content (AvgIpc) is 4.06. The van der Waals surface area contributed by atoms with Crippen LogP contribution in [0, 0.1) is 23.7 Å². The smallest absolute Gasteiger partial charge is 0.295 e. The quantitative estimate of drug-likeness (QED) is 0.0224. The lowest BCUT2D eigenvalue weighted by Gasteiger charge is -2.34. The van der Waals surface area contributed by atoms with Gasteiger partial charge in [-0.3, -0.25) is 24.1 Å². The molecule has 0 bridgehead atoms. The number of hydrogen-bond acceptors (Lipinski definition) is 16. The molecule has 2 fully saturated rings. The number of Topliss-reactive ketones (excluding diaryl/α,β-unsaturated/α-hetero) is 1. The Hall–Kier alpha value is -6.56. The summed E-state index contributed by atoms with van der Waals surface area (Å²) >= 11 is 0. The molecule has 1 atom stereocenters. The molecule has 0 saturated carbocycles. The number of H-pyrrole nitrogens is 1. The highest BCUT2D eigenvalue weighted by Crippen LogP contribution is 2.33. The predicted molar refractivity (Wildman–Crippen MR) is 248 cm³/mol. The molecule has 0 spiro atoms. The van der Waals surface area contributed by atoms with Crippen molar-refractivity contribution in [2.75, 3.05) is 125 Å². The monoisotopic (exact) mass is 937 g/mol. The van der Waals surface area contributed by atoms with E-state index >= 15 is 0 Å². The summed E-state index contributed by atoms with van der Waals surface area (Å²) in [6.07, 6.45) is 10.7. The molecule has 21 heteroatoms. The van der Waals surface area contributed by atoms with E-state index in [0.29, 0.717) is 83.1 Å². The standard InChI is InChI=1S/C47H59N11O10/c1-3-21-65-23-25-67-27-28-68-26-24-66-22-20-56-18-16-55(17-19-56)13-7-12-49-45(61)38(32-59)53-46(62)43-52-33-58(54-43)44-41-40(39(64-2)31-51-44)37(30-50-41)42(60)47(63)57-14-10-35(11-15-57)36(29-48)34-8-5-4-6-9-34/h1,4-6,8-9,30-31,33,38,50,59H,7,10-28,32H2,2H3,(H,49,61)(H,53,62)/t38-/m1/s1. The summed E-state index contributed by atoms with van der Waals surface area (Å²) < 4.78 is 28.5. The van der Waals surface area contributed by atoms with Crippen LogP contribution < -0.4 is 15.4 Å². The minimum atomic E-state index is -1.25. The Morgan fingerprint density at radius 1 is 0.897 bits per heavy atom. The van der Waals surface area contributed by atoms with Gasteiger partial charge in [0, 0.05) is 58.6 Å². The maximum Gasteiger partial charge on any atom is 0.295 e. The average molecular weight is 938 g/mol. The van der Waals surface area contributed by atoms with Gasteiger partial charge in [-0.15, -0.1) is 11.5 Å². The van der Waals surface area contributed by atoms with E-state index in [1.54, 1.807) is 0 Å². The van der Waals surface area contributed by atoms with Gasteiger partial charge in [-0.1, -0.05) is 36.3 Å². The van der Waals surface area contributed by atoms with Crippen molar-refractivity contribution in [2.45, 2.75) is 25.3 Å². The third-order valence-corrected chi connectivity index (χ3v) is 11.5. The normalized spacial score (nSPS) is 14.8. The Morgan fingerprint density at radius 3 is 2.21 bits per heavy atom. The molecule has 0 radical (unpaired) electrons. The first-order valence-electron chi connectivity index (χ1n) is 22.6. The number of nitrogens with zero attached hydrogens (tertiary/aromatic N) is 8. The van der Waals surface area contributed by atoms with Gasteiger partial charge in [-0.25, -0.2) is 9.97 Å². The van der Waals surface area contributed by atoms with Crippen molar-refractivity contribution >= 4 is 40.0 Å². The SMILES string of the molecule is C#CCOCCOCCOCCOCCN1CCN(CCCNC(=O)[C@@H](CO)NC(=O)c2ncn(-c3ncc(OC)c4c(C(=O)C(=O)N5CCC(=C(C#N)c6ccccc6)CC5)c[nH]c34)n2)CC1. The summed E-state index contributed by atoms with van der Waals surface area (Å²) in [7, 11) is 1.41. The van der Waals surface area contributed by atoms with E-state index in [-0.39, 0.29) is 48.0 Å². The predicted octanol–water partition coefficient (Wildman–Crippen LogP) is 0.849. The second kappa shape index (κ2) is 26.7. The molecule has 5 heterocycles. The number of carbonyl (C=O) groups excluding carboxylic acids is 4. The van der Waals surface area contributed by atoms with Crippen LogP contribution in [0.5, 0.6) is 5.75 Å². The summed E-state index contributed by atoms with van der Waals surface area (Å²) in [6.45, 7) is 9.27. The number of amides is 3. The molecule has 4 aromatic rings. The molecule has 362 valence electrons. The zero-order chi connectivity index (χ0) is 48.1. The van der Waals surface area contributed by atoms with E-state index < -0.39 is 36.2 Å². The van der Waals surface area contributed by atoms with E-state index in [2.05, 4.69) is 52.5 Å². The third-order valence-electron chi connectivity index (χ3n) is 11.5. The molecule has 3 aromatic heterocycles. The Kier molecular flexibility index (Phi) is 20.0. The minimum Gasteiger partial charge on any atom is -0.494 e. The first-order valence-corrected chi connectivity index (χ1v) is 22.6. The second-order valence-corrected chi connectivity index (χ2v) is 15.8. The van der Waals surface area contributed by atoms with Crippen LogP contribution in [0.1, 0.15) is 45.8 Å². The Labute approximate surface area is 394 Å². The zero-order valence-corrected chi connectivity index (χ0v) is 38.3. The van der Waals surface area contributed by atoms with Crippen LogP contribution in [0.15, 0.2) is 54.6 Å². The van der Waals surface area contributed by atoms with Gasteiger partial charge >= 0.3 is 0 Å². The van der Waals surface area contributed by atoms with Crippen LogP contribution in [0.25, 0.3) is 22.3 Å². The zero-order valence-electron chi connectivity index (χ0n) is 38.3. The number of pyridine rings is 1. The Balaban J connectivity index is 0.912. The number of piperidine rings is 1. The number of likely N-dealkylation sites (tertiary alicyclic amines) is 1. The van der Waals surface area contributed by atoms with E-state index in [0.717, 1.165) is 50.4 Å². The lowest BCUT2D eigenvalue weighted by molar-refractivity contribution is -0.127. The summed E-state index contributed by atoms with van der Waals surface area (Å²) in [5, 5.41) is 29.7. The van der Waals surface area contributed by atoms with Crippen molar-refractivity contribution in [3.05, 3.63) is 71.6 Å². The lowest BCUT2D eigenvalue weighted by Crippen LogP contribution is -2.50. The van der Waals surface area contributed by atoms with Gasteiger partial charge in [-0.05, 0) is 36.9 Å². The first-order chi connectivity index (χ1) is 33.3. The molecule has 0 aliphatic carbocycles. The number of aromatic amines is 1. The lowest BCUT2D eigenvalue weighted by atomic mass is 9.93. The van der Waals surface area contributed by atoms with Crippen molar-refractivity contribution in [3.63, 3.8) is 0 Å². The molecule has 0 unspecified atom stereocenters. The first kappa shape index (κ1) is 50.8. The van der Waals surface area contributed by atoms with E-state index in [1.165, 1.54) is 35.4 Å². The molecule has 2 saturated heterocycles. The Morgan fingerprint density at radius 2 is 1.56 bits per heavy atom. The van der Waals surface area contributed by atoms with E-state index in [4.69, 9.17) is 30.1 Å². The van der Waals surface area contributed by atoms with Gasteiger partial charge in [0.15, 0.2) is 5.82 Å². The number of piperazine rings is 1. The fourth-order valence-corrected chi connectivity index (χ4v) is 7.80. The summed E-state index contributed by atoms with van der Waals surface area (Å²) in [5.74, 6) is -0.348. The number of aliphatic hydroxyl groups is 1. The van der Waals surface area contributed by atoms with Gasteiger partial charge in [0.25, 0.3) is 17.6 Å². The summed E-state index contributed by atoms with van der Waals surface area (Å²) in [5.41, 5.74) is 2.67. The van der Waals surface area contributed by atoms with Gasteiger partial charge in [0.05, 0.1) is 94.3 Å². The number of allylic oxidation sites excluding steroid dienone is 1. The number of aliphatic hydroxyl groups excluding tert-OH is 1. The number of methoxy groups -OCH3 is 1. The summed E-state index contributed by atoms with van der Waals surface area (Å²) in [4.78, 5) is 71.2. The number of aromatic nitrogens is 5. The maximum absolute atomic E-state index is 13.8. The number of carbonyl (C=O) groups is 4. The van der Waals surface area contributed by atoms with Crippen LogP contribution in [0.4, 0.5) is 0 Å². The van der Waals surface area contributed by atoms with Gasteiger partial charge in [0.2, 0.25) is 11.7 Å². The largest absolute Gasteiger partial charge is 0.494 e. The second-order valence-electron chi connectivity index (χ2n) is 15.8. The van der Waals surface area contributed by atoms with Crippen LogP contribution in [-0.2, 0) is 28.5 Å². The van der Waals surface area contributed by atoms with E-state index in [1.807, 2.05) is 30.3 Å². The van der Waals surface area contributed by atoms with Crippen LogP contribution >= 0.6 is 0 Å². The van der Waals surface area contributed by atoms with Crippen molar-refractivity contribution in [1.29, 1.82) is 5.26 Å². The molecule has 2 aliphatic heterocycles. The fourth-order valence-electron chi connectivity index (χ4n) is 7.80. The third kappa shape index (κ3) is 14.0. The van der Waals surface area contributed by atoms with Gasteiger partial charge in [0.1, 0.15) is 24.7 Å². The van der Waals surface area contributed by atoms with Gasteiger partial charge < -0.3 is 54.2 Å². The van der Waals surface area contributed by atoms with E-state index in [9.17, 15) is 29.5 Å². The molecule has 4 N–H and O–H groups in total. The molecule has 21 nitrogen and oxygen atoms in total. The van der Waals surface area contributed by atoms with Crippen LogP contribution in [-0.4, -0.2) is 200 Å². The number of rotatable bonds is 26. The molecular weight excluding hydrogens is 879 g/mol. The number of ether oxygens (including phenoxy) is 5. The van der Waals surface area contributed by atoms with Crippen molar-refractivity contribution in [1.82, 2.24) is 50.1 Å². The molecule has 6 rings (SSSR count). The Bertz CT molecular complexity index is 2410. The number of ketones is 1.